The number of rotatable bonds is 5. The fourth-order valence-electron chi connectivity index (χ4n) is 3.31. The number of hydrogen-bond donors (Lipinski definition) is 2. The predicted molar refractivity (Wildman–Crippen MR) is 106 cm³/mol. The molecule has 0 saturated heterocycles. The van der Waals surface area contributed by atoms with Gasteiger partial charge in [0.15, 0.2) is 0 Å². The summed E-state index contributed by atoms with van der Waals surface area (Å²) < 4.78 is 26.9. The topological polar surface area (TPSA) is 74.8 Å². The van der Waals surface area contributed by atoms with Gasteiger partial charge in [-0.1, -0.05) is 35.3 Å². The molecular formula is C18H23Cl2N3O2S. The summed E-state index contributed by atoms with van der Waals surface area (Å²) in [5.41, 5.74) is 2.50. The maximum Gasteiger partial charge on any atom is 0.214 e. The Labute approximate surface area is 164 Å². The maximum absolute atomic E-state index is 12.0. The summed E-state index contributed by atoms with van der Waals surface area (Å²) >= 11 is 12.6. The smallest absolute Gasteiger partial charge is 0.214 e. The van der Waals surface area contributed by atoms with Gasteiger partial charge in [-0.3, -0.25) is 5.10 Å². The second-order valence-electron chi connectivity index (χ2n) is 7.07. The van der Waals surface area contributed by atoms with E-state index in [1.165, 1.54) is 0 Å². The molecule has 0 bridgehead atoms. The zero-order valence-electron chi connectivity index (χ0n) is 14.8. The lowest BCUT2D eigenvalue weighted by Crippen LogP contribution is -2.40. The van der Waals surface area contributed by atoms with Crippen LogP contribution in [0.2, 0.25) is 10.0 Å². The molecule has 0 atom stereocenters. The first-order chi connectivity index (χ1) is 12.3. The van der Waals surface area contributed by atoms with Crippen molar-refractivity contribution in [2.45, 2.75) is 56.7 Å². The zero-order chi connectivity index (χ0) is 18.9. The van der Waals surface area contributed by atoms with Gasteiger partial charge in [0, 0.05) is 22.5 Å². The molecule has 0 radical (unpaired) electrons. The number of nitrogens with zero attached hydrogens (tertiary/aromatic N) is 1. The molecule has 0 aliphatic heterocycles. The number of benzene rings is 1. The molecule has 0 spiro atoms. The predicted octanol–water partition coefficient (Wildman–Crippen LogP) is 4.74. The van der Waals surface area contributed by atoms with Crippen LogP contribution in [0.4, 0.5) is 0 Å². The standard InChI is InChI=1S/C18H23Cl2N3O2S/c1-11(2)26(24,25)23-15-8-6-12(7-9-15)17-16(20)18(22-21-17)13-4-3-5-14(19)10-13/h3-5,10-12,15,23H,6-9H2,1-2H3,(H,21,22)/t12-,15-. The van der Waals surface area contributed by atoms with Crippen molar-refractivity contribution in [2.24, 2.45) is 0 Å². The number of sulfonamides is 1. The third-order valence-electron chi connectivity index (χ3n) is 4.92. The third-order valence-corrected chi connectivity index (χ3v) is 7.44. The molecule has 3 rings (SSSR count). The van der Waals surface area contributed by atoms with E-state index in [0.29, 0.717) is 15.7 Å². The second kappa shape index (κ2) is 7.89. The van der Waals surface area contributed by atoms with Gasteiger partial charge < -0.3 is 0 Å². The van der Waals surface area contributed by atoms with Crippen molar-refractivity contribution >= 4 is 33.2 Å². The summed E-state index contributed by atoms with van der Waals surface area (Å²) in [7, 11) is -3.23. The number of hydrogen-bond acceptors (Lipinski definition) is 3. The van der Waals surface area contributed by atoms with Crippen molar-refractivity contribution in [3.05, 3.63) is 40.0 Å². The molecule has 1 fully saturated rings. The first-order valence-corrected chi connectivity index (χ1v) is 11.1. The molecule has 1 aliphatic rings. The monoisotopic (exact) mass is 415 g/mol. The van der Waals surface area contributed by atoms with Crippen LogP contribution in [0.25, 0.3) is 11.3 Å². The van der Waals surface area contributed by atoms with Gasteiger partial charge in [-0.2, -0.15) is 5.10 Å². The minimum atomic E-state index is -3.23. The van der Waals surface area contributed by atoms with E-state index in [4.69, 9.17) is 23.2 Å². The summed E-state index contributed by atoms with van der Waals surface area (Å²) in [5.74, 6) is 0.253. The highest BCUT2D eigenvalue weighted by Gasteiger charge is 2.29. The van der Waals surface area contributed by atoms with Crippen molar-refractivity contribution in [3.63, 3.8) is 0 Å². The van der Waals surface area contributed by atoms with Crippen molar-refractivity contribution in [2.75, 3.05) is 0 Å². The lowest BCUT2D eigenvalue weighted by molar-refractivity contribution is 0.369. The largest absolute Gasteiger partial charge is 0.280 e. The Bertz CT molecular complexity index is 872. The Morgan fingerprint density at radius 1 is 1.19 bits per heavy atom. The summed E-state index contributed by atoms with van der Waals surface area (Å²) in [5, 5.41) is 8.31. The van der Waals surface area contributed by atoms with Crippen LogP contribution in [0, 0.1) is 0 Å². The molecule has 1 aromatic heterocycles. The SMILES string of the molecule is CC(C)S(=O)(=O)N[C@H]1CC[C@H](c2[nH]nc(-c3cccc(Cl)c3)c2Cl)CC1. The van der Waals surface area contributed by atoms with Crippen molar-refractivity contribution in [3.8, 4) is 11.3 Å². The summed E-state index contributed by atoms with van der Waals surface area (Å²) in [6.07, 6.45) is 3.31. The van der Waals surface area contributed by atoms with Gasteiger partial charge >= 0.3 is 0 Å². The molecule has 2 aromatic rings. The third kappa shape index (κ3) is 4.25. The van der Waals surface area contributed by atoms with E-state index in [1.807, 2.05) is 24.3 Å². The molecule has 1 saturated carbocycles. The van der Waals surface area contributed by atoms with Gasteiger partial charge in [-0.15, -0.1) is 0 Å². The van der Waals surface area contributed by atoms with E-state index < -0.39 is 15.3 Å². The minimum Gasteiger partial charge on any atom is -0.280 e. The molecule has 1 aromatic carbocycles. The van der Waals surface area contributed by atoms with Crippen LogP contribution in [0.5, 0.6) is 0 Å². The number of halogens is 2. The van der Waals surface area contributed by atoms with Gasteiger partial charge in [-0.05, 0) is 51.7 Å². The molecule has 5 nitrogen and oxygen atoms in total. The first kappa shape index (κ1) is 19.7. The van der Waals surface area contributed by atoms with E-state index in [9.17, 15) is 8.42 Å². The summed E-state index contributed by atoms with van der Waals surface area (Å²) in [4.78, 5) is 0. The van der Waals surface area contributed by atoms with Crippen LogP contribution in [0.3, 0.4) is 0 Å². The Hall–Kier alpha value is -1.08. The quantitative estimate of drug-likeness (QED) is 0.740. The average molecular weight is 416 g/mol. The van der Waals surface area contributed by atoms with Crippen LogP contribution >= 0.6 is 23.2 Å². The highest BCUT2D eigenvalue weighted by molar-refractivity contribution is 7.90. The molecule has 1 heterocycles. The van der Waals surface area contributed by atoms with Crippen LogP contribution in [0.15, 0.2) is 24.3 Å². The highest BCUT2D eigenvalue weighted by Crippen LogP contribution is 2.39. The van der Waals surface area contributed by atoms with E-state index in [1.54, 1.807) is 13.8 Å². The highest BCUT2D eigenvalue weighted by atomic mass is 35.5. The van der Waals surface area contributed by atoms with Crippen molar-refractivity contribution in [1.29, 1.82) is 0 Å². The minimum absolute atomic E-state index is 0.00672. The van der Waals surface area contributed by atoms with E-state index in [2.05, 4.69) is 14.9 Å². The number of H-pyrrole nitrogens is 1. The van der Waals surface area contributed by atoms with Gasteiger partial charge in [0.05, 0.1) is 16.0 Å². The second-order valence-corrected chi connectivity index (χ2v) is 10.2. The van der Waals surface area contributed by atoms with Crippen LogP contribution in [-0.2, 0) is 10.0 Å². The number of aromatic amines is 1. The summed E-state index contributed by atoms with van der Waals surface area (Å²) in [6.45, 7) is 3.38. The summed E-state index contributed by atoms with van der Waals surface area (Å²) in [6, 6.07) is 7.44. The molecule has 8 heteroatoms. The molecule has 2 N–H and O–H groups in total. The van der Waals surface area contributed by atoms with Crippen molar-refractivity contribution < 1.29 is 8.42 Å². The zero-order valence-corrected chi connectivity index (χ0v) is 17.1. The molecule has 26 heavy (non-hydrogen) atoms. The molecular weight excluding hydrogens is 393 g/mol. The Morgan fingerprint density at radius 3 is 2.50 bits per heavy atom. The van der Waals surface area contributed by atoms with Gasteiger partial charge in [0.1, 0.15) is 5.69 Å². The van der Waals surface area contributed by atoms with Gasteiger partial charge in [0.2, 0.25) is 10.0 Å². The Kier molecular flexibility index (Phi) is 5.97. The van der Waals surface area contributed by atoms with Crippen LogP contribution < -0.4 is 4.72 Å². The lowest BCUT2D eigenvalue weighted by Gasteiger charge is -2.29. The van der Waals surface area contributed by atoms with E-state index in [0.717, 1.165) is 36.9 Å². The molecule has 0 amide bonds. The molecule has 0 unspecified atom stereocenters. The lowest BCUT2D eigenvalue weighted by atomic mass is 9.84. The van der Waals surface area contributed by atoms with Crippen LogP contribution in [0.1, 0.15) is 51.1 Å². The fourth-order valence-corrected chi connectivity index (χ4v) is 4.82. The number of nitrogens with one attached hydrogen (secondary N) is 2. The van der Waals surface area contributed by atoms with Gasteiger partial charge in [0.25, 0.3) is 0 Å². The van der Waals surface area contributed by atoms with E-state index >= 15 is 0 Å². The molecule has 142 valence electrons. The maximum atomic E-state index is 12.0. The number of aromatic nitrogens is 2. The van der Waals surface area contributed by atoms with Gasteiger partial charge in [-0.25, -0.2) is 13.1 Å². The molecule has 1 aliphatic carbocycles. The van der Waals surface area contributed by atoms with E-state index in [-0.39, 0.29) is 12.0 Å². The average Bonchev–Trinajstić information content (AvgIpc) is 2.97. The van der Waals surface area contributed by atoms with Crippen LogP contribution in [-0.4, -0.2) is 29.9 Å². The fraction of sp³-hybridized carbons (Fsp3) is 0.500. The normalized spacial score (nSPS) is 21.3. The van der Waals surface area contributed by atoms with Crippen molar-refractivity contribution in [1.82, 2.24) is 14.9 Å². The Balaban J connectivity index is 1.69. The first-order valence-electron chi connectivity index (χ1n) is 8.78. The Morgan fingerprint density at radius 2 is 1.88 bits per heavy atom.